The van der Waals surface area contributed by atoms with Gasteiger partial charge in [-0.2, -0.15) is 0 Å². The highest BCUT2D eigenvalue weighted by Gasteiger charge is 2.76. The number of carbonyl (C=O) groups is 3. The first kappa shape index (κ1) is 26.8. The van der Waals surface area contributed by atoms with Crippen molar-refractivity contribution in [1.82, 2.24) is 15.4 Å². The summed E-state index contributed by atoms with van der Waals surface area (Å²) in [6.07, 6.45) is 4.12. The molecule has 2 aromatic carbocycles. The fraction of sp³-hybridized carbons (Fsp3) is 0.355. The number of hydrogen-bond donors (Lipinski definition) is 2. The third kappa shape index (κ3) is 4.58. The third-order valence-corrected chi connectivity index (χ3v) is 8.32. The largest absolute Gasteiger partial charge is 0.497 e. The van der Waals surface area contributed by atoms with Crippen LogP contribution in [0.3, 0.4) is 0 Å². The van der Waals surface area contributed by atoms with Gasteiger partial charge in [-0.25, -0.2) is 0 Å². The van der Waals surface area contributed by atoms with E-state index in [4.69, 9.17) is 14.0 Å². The zero-order chi connectivity index (χ0) is 28.8. The Balaban J connectivity index is 1.30. The van der Waals surface area contributed by atoms with Crippen molar-refractivity contribution in [2.24, 2.45) is 11.8 Å². The predicted octanol–water partition coefficient (Wildman–Crippen LogP) is 3.03. The Bertz CT molecular complexity index is 1500. The number of methoxy groups -OCH3 is 1. The summed E-state index contributed by atoms with van der Waals surface area (Å²) in [6.45, 7) is 4.08. The maximum atomic E-state index is 14.2. The fourth-order valence-electron chi connectivity index (χ4n) is 6.42. The summed E-state index contributed by atoms with van der Waals surface area (Å²) in [5.74, 6) is -1.24. The molecule has 0 aliphatic carbocycles. The summed E-state index contributed by atoms with van der Waals surface area (Å²) in [5.41, 5.74) is -0.430. The van der Waals surface area contributed by atoms with Crippen LogP contribution in [-0.4, -0.2) is 58.7 Å². The number of carbonyl (C=O) groups excluding carboxylic acids is 3. The van der Waals surface area contributed by atoms with Gasteiger partial charge in [0, 0.05) is 19.2 Å². The number of benzene rings is 2. The lowest BCUT2D eigenvalue weighted by atomic mass is 9.70. The average molecular weight is 557 g/mol. The van der Waals surface area contributed by atoms with Crippen LogP contribution in [0.15, 0.2) is 77.3 Å². The second-order valence-electron chi connectivity index (χ2n) is 11.0. The Morgan fingerprint density at radius 1 is 1.05 bits per heavy atom. The lowest BCUT2D eigenvalue weighted by Gasteiger charge is -2.33. The van der Waals surface area contributed by atoms with E-state index in [2.05, 4.69) is 15.8 Å². The first-order chi connectivity index (χ1) is 19.7. The number of amides is 3. The molecule has 3 amide bonds. The highest BCUT2D eigenvalue weighted by molar-refractivity contribution is 6.03. The van der Waals surface area contributed by atoms with E-state index in [0.29, 0.717) is 18.7 Å². The molecular weight excluding hydrogens is 524 g/mol. The zero-order valence-electron chi connectivity index (χ0n) is 23.1. The van der Waals surface area contributed by atoms with Crippen molar-refractivity contribution in [3.05, 3.63) is 89.7 Å². The average Bonchev–Trinajstić information content (AvgIpc) is 3.68. The van der Waals surface area contributed by atoms with Crippen LogP contribution >= 0.6 is 0 Å². The van der Waals surface area contributed by atoms with Crippen LogP contribution in [0.4, 0.5) is 5.82 Å². The van der Waals surface area contributed by atoms with Crippen molar-refractivity contribution < 1.29 is 28.4 Å². The van der Waals surface area contributed by atoms with Gasteiger partial charge in [-0.3, -0.25) is 14.4 Å². The lowest BCUT2D eigenvalue weighted by Crippen LogP contribution is -2.55. The molecule has 4 heterocycles. The molecule has 0 saturated carbocycles. The number of aromatic nitrogens is 1. The number of rotatable bonds is 9. The molecule has 2 saturated heterocycles. The number of ether oxygens (including phenoxy) is 2. The van der Waals surface area contributed by atoms with Gasteiger partial charge >= 0.3 is 0 Å². The Kier molecular flexibility index (Phi) is 6.65. The number of anilines is 1. The molecule has 41 heavy (non-hydrogen) atoms. The standard InChI is InChI=1S/C31H32N4O6/c1-19-17-23(34-40-19)33-27(36)24-25-29(38)35(16-13-20-9-11-22(39-3)12-10-20)26(31(25)15-14-30(24,2)41-31)28(37)32-18-21-7-5-4-6-8-21/h4-12,14-15,17,24-26H,13,16,18H2,1-3H3,(H,32,37)(H,33,34,36)/t24-,25+,26-,30+,31-/m1/s1. The van der Waals surface area contributed by atoms with Crippen LogP contribution in [0.25, 0.3) is 0 Å². The van der Waals surface area contributed by atoms with Crippen molar-refractivity contribution in [3.63, 3.8) is 0 Å². The molecule has 6 rings (SSSR count). The lowest BCUT2D eigenvalue weighted by molar-refractivity contribution is -0.144. The summed E-state index contributed by atoms with van der Waals surface area (Å²) < 4.78 is 16.9. The molecule has 0 unspecified atom stereocenters. The maximum absolute atomic E-state index is 14.2. The quantitative estimate of drug-likeness (QED) is 0.389. The molecule has 0 radical (unpaired) electrons. The van der Waals surface area contributed by atoms with E-state index < -0.39 is 35.0 Å². The van der Waals surface area contributed by atoms with Gasteiger partial charge in [0.2, 0.25) is 17.7 Å². The van der Waals surface area contributed by atoms with E-state index in [1.54, 1.807) is 44.1 Å². The second kappa shape index (κ2) is 10.2. The SMILES string of the molecule is COc1ccc(CCN2C(=O)[C@@H]3[C@H](C(=O)Nc4cc(C)on4)[C@]4(C)C=C[C@]3(O4)[C@H]2C(=O)NCc2ccccc2)cc1. The molecule has 1 aromatic heterocycles. The highest BCUT2D eigenvalue weighted by atomic mass is 16.5. The smallest absolute Gasteiger partial charge is 0.246 e. The predicted molar refractivity (Wildman–Crippen MR) is 149 cm³/mol. The first-order valence-electron chi connectivity index (χ1n) is 13.6. The van der Waals surface area contributed by atoms with Gasteiger partial charge < -0.3 is 29.5 Å². The van der Waals surface area contributed by atoms with Crippen LogP contribution in [0.2, 0.25) is 0 Å². The minimum Gasteiger partial charge on any atom is -0.497 e. The molecule has 10 heteroatoms. The van der Waals surface area contributed by atoms with Crippen molar-refractivity contribution in [2.45, 2.75) is 44.1 Å². The number of nitrogens with one attached hydrogen (secondary N) is 2. The molecule has 2 bridgehead atoms. The summed E-state index contributed by atoms with van der Waals surface area (Å²) in [4.78, 5) is 43.3. The van der Waals surface area contributed by atoms with Crippen LogP contribution in [-0.2, 0) is 32.1 Å². The maximum Gasteiger partial charge on any atom is 0.246 e. The molecular formula is C31H32N4O6. The molecule has 3 aromatic rings. The van der Waals surface area contributed by atoms with Gasteiger partial charge in [-0.05, 0) is 43.5 Å². The fourth-order valence-corrected chi connectivity index (χ4v) is 6.42. The highest BCUT2D eigenvalue weighted by Crippen LogP contribution is 2.59. The number of fused-ring (bicyclic) bond motifs is 1. The molecule has 212 valence electrons. The van der Waals surface area contributed by atoms with Crippen molar-refractivity contribution >= 4 is 23.5 Å². The Morgan fingerprint density at radius 2 is 1.80 bits per heavy atom. The number of hydrogen-bond acceptors (Lipinski definition) is 7. The van der Waals surface area contributed by atoms with E-state index in [9.17, 15) is 14.4 Å². The Labute approximate surface area is 237 Å². The number of nitrogens with zero attached hydrogens (tertiary/aromatic N) is 2. The Morgan fingerprint density at radius 3 is 2.49 bits per heavy atom. The molecule has 5 atom stereocenters. The van der Waals surface area contributed by atoms with E-state index in [-0.39, 0.29) is 24.2 Å². The third-order valence-electron chi connectivity index (χ3n) is 8.32. The summed E-state index contributed by atoms with van der Waals surface area (Å²) in [5, 5.41) is 9.65. The number of likely N-dealkylation sites (tertiary alicyclic amines) is 1. The van der Waals surface area contributed by atoms with Gasteiger partial charge in [-0.1, -0.05) is 59.8 Å². The minimum atomic E-state index is -1.28. The van der Waals surface area contributed by atoms with Crippen molar-refractivity contribution in [2.75, 3.05) is 19.0 Å². The summed E-state index contributed by atoms with van der Waals surface area (Å²) >= 11 is 0. The van der Waals surface area contributed by atoms with E-state index in [1.165, 1.54) is 0 Å². The van der Waals surface area contributed by atoms with E-state index in [0.717, 1.165) is 16.9 Å². The normalized spacial score (nSPS) is 27.6. The monoisotopic (exact) mass is 556 g/mol. The molecule has 10 nitrogen and oxygen atoms in total. The van der Waals surface area contributed by atoms with Crippen LogP contribution in [0.5, 0.6) is 5.75 Å². The Hall–Kier alpha value is -4.44. The van der Waals surface area contributed by atoms with Crippen molar-refractivity contribution in [3.8, 4) is 5.75 Å². The van der Waals surface area contributed by atoms with Gasteiger partial charge in [0.15, 0.2) is 5.82 Å². The van der Waals surface area contributed by atoms with E-state index >= 15 is 0 Å². The second-order valence-corrected chi connectivity index (χ2v) is 11.0. The van der Waals surface area contributed by atoms with Gasteiger partial charge in [0.05, 0.1) is 24.5 Å². The summed E-state index contributed by atoms with van der Waals surface area (Å²) in [6, 6.07) is 17.8. The van der Waals surface area contributed by atoms with E-state index in [1.807, 2.05) is 54.6 Å². The molecule has 3 aliphatic rings. The van der Waals surface area contributed by atoms with Crippen LogP contribution < -0.4 is 15.4 Å². The van der Waals surface area contributed by atoms with Gasteiger partial charge in [-0.15, -0.1) is 0 Å². The molecule has 2 N–H and O–H groups in total. The molecule has 3 aliphatic heterocycles. The number of aryl methyl sites for hydroxylation is 1. The van der Waals surface area contributed by atoms with Crippen LogP contribution in [0, 0.1) is 18.8 Å². The molecule has 2 fully saturated rings. The zero-order valence-corrected chi connectivity index (χ0v) is 23.1. The van der Waals surface area contributed by atoms with Gasteiger partial charge in [0.1, 0.15) is 23.2 Å². The van der Waals surface area contributed by atoms with Gasteiger partial charge in [0.25, 0.3) is 0 Å². The molecule has 1 spiro atoms. The topological polar surface area (TPSA) is 123 Å². The summed E-state index contributed by atoms with van der Waals surface area (Å²) in [7, 11) is 1.61. The van der Waals surface area contributed by atoms with Crippen LogP contribution in [0.1, 0.15) is 23.8 Å². The van der Waals surface area contributed by atoms with Crippen molar-refractivity contribution in [1.29, 1.82) is 0 Å². The minimum absolute atomic E-state index is 0.260. The first-order valence-corrected chi connectivity index (χ1v) is 13.6.